The molecule has 18 atom stereocenters. The molecule has 0 aromatic carbocycles. The summed E-state index contributed by atoms with van der Waals surface area (Å²) in [7, 11) is 0. The molecule has 5 heterocycles. The van der Waals surface area contributed by atoms with E-state index in [9.17, 15) is 29.7 Å². The van der Waals surface area contributed by atoms with E-state index in [2.05, 4.69) is 13.8 Å². The highest BCUT2D eigenvalue weighted by molar-refractivity contribution is 5.97. The molecule has 0 amide bonds. The number of rotatable bonds is 12. The van der Waals surface area contributed by atoms with E-state index in [1.165, 1.54) is 6.08 Å². The first-order chi connectivity index (χ1) is 25.2. The van der Waals surface area contributed by atoms with Crippen LogP contribution in [0.15, 0.2) is 12.2 Å². The van der Waals surface area contributed by atoms with Gasteiger partial charge in [0, 0.05) is 30.1 Å². The fourth-order valence-corrected chi connectivity index (χ4v) is 10.8. The number of hydrogen-bond donors (Lipinski definition) is 3. The molecule has 11 nitrogen and oxygen atoms in total. The van der Waals surface area contributed by atoms with Gasteiger partial charge in [0.2, 0.25) is 11.6 Å². The third-order valence-electron chi connectivity index (χ3n) is 14.6. The van der Waals surface area contributed by atoms with E-state index in [0.29, 0.717) is 51.4 Å². The number of carbonyl (C=O) groups is 3. The second-order valence-corrected chi connectivity index (χ2v) is 18.3. The summed E-state index contributed by atoms with van der Waals surface area (Å²) < 4.78 is 33.3. The molecule has 54 heavy (non-hydrogen) atoms. The van der Waals surface area contributed by atoms with Crippen LogP contribution in [0.1, 0.15) is 134 Å². The van der Waals surface area contributed by atoms with Gasteiger partial charge < -0.3 is 39.0 Å². The largest absolute Gasteiger partial charge is 0.481 e. The first-order valence-corrected chi connectivity index (χ1v) is 21.0. The van der Waals surface area contributed by atoms with Gasteiger partial charge in [0.25, 0.3) is 0 Å². The van der Waals surface area contributed by atoms with Crippen molar-refractivity contribution in [1.29, 1.82) is 0 Å². The Labute approximate surface area is 323 Å². The van der Waals surface area contributed by atoms with Crippen LogP contribution in [0.4, 0.5) is 0 Å². The van der Waals surface area contributed by atoms with E-state index >= 15 is 0 Å². The molecule has 0 aromatic rings. The predicted molar refractivity (Wildman–Crippen MR) is 202 cm³/mol. The lowest BCUT2D eigenvalue weighted by Gasteiger charge is -2.53. The standard InChI is InChI=1S/C43H70O11/c1-12-30(35(46)27(8)34(45)28(9)36-23(4)21-24(5)37(51-36)31(13-2)39(47)48)38-25(6)22-26(7)42(52-38)18-15-32(44)43(54-42)20-19-40(11,53-43)33-16-17-41(49,14-3)29(10)50-33/h15,18,23-31,33-34,36-38,45,49H,12-14,16-17,19-22H2,1-11H3,(H,47,48)/t23-,24+,25+,26-,27-,28-,29+,30-,31-,33-,34-,36+,37-,38+,40-,41-,42+,43-/m0/s1. The van der Waals surface area contributed by atoms with Gasteiger partial charge in [-0.15, -0.1) is 0 Å². The number of Topliss-reactive ketones (excluding diaryl/α,β-unsaturated/α-hetero) is 1. The summed E-state index contributed by atoms with van der Waals surface area (Å²) in [6, 6.07) is 0. The van der Waals surface area contributed by atoms with Crippen molar-refractivity contribution in [3.05, 3.63) is 12.2 Å². The number of aliphatic hydroxyl groups is 2. The number of carbonyl (C=O) groups excluding carboxylic acids is 2. The van der Waals surface area contributed by atoms with E-state index in [1.807, 2.05) is 55.4 Å². The molecule has 0 aliphatic carbocycles. The van der Waals surface area contributed by atoms with Gasteiger partial charge in [-0.05, 0) is 95.1 Å². The van der Waals surface area contributed by atoms with Gasteiger partial charge in [-0.1, -0.05) is 62.3 Å². The van der Waals surface area contributed by atoms with Crippen LogP contribution in [0.25, 0.3) is 0 Å². The highest BCUT2D eigenvalue weighted by Gasteiger charge is 2.63. The first kappa shape index (κ1) is 43.4. The second kappa shape index (κ2) is 16.3. The maximum Gasteiger partial charge on any atom is 0.309 e. The highest BCUT2D eigenvalue weighted by atomic mass is 16.8. The first-order valence-electron chi connectivity index (χ1n) is 21.0. The van der Waals surface area contributed by atoms with Crippen LogP contribution < -0.4 is 0 Å². The number of ketones is 2. The fourth-order valence-electron chi connectivity index (χ4n) is 10.8. The number of carboxylic acids is 1. The minimum Gasteiger partial charge on any atom is -0.481 e. The van der Waals surface area contributed by atoms with Crippen LogP contribution in [-0.2, 0) is 38.1 Å². The molecule has 3 N–H and O–H groups in total. The number of hydrogen-bond acceptors (Lipinski definition) is 10. The lowest BCUT2D eigenvalue weighted by Crippen LogP contribution is -2.62. The third-order valence-corrected chi connectivity index (χ3v) is 14.6. The van der Waals surface area contributed by atoms with Crippen molar-refractivity contribution in [3.8, 4) is 0 Å². The maximum absolute atomic E-state index is 14.5. The van der Waals surface area contributed by atoms with Crippen molar-refractivity contribution in [1.82, 2.24) is 0 Å². The molecular formula is C43H70O11. The average Bonchev–Trinajstić information content (AvgIpc) is 3.47. The molecule has 4 fully saturated rings. The maximum atomic E-state index is 14.5. The number of aliphatic hydroxyl groups excluding tert-OH is 1. The van der Waals surface area contributed by atoms with E-state index < -0.39 is 76.8 Å². The van der Waals surface area contributed by atoms with Crippen molar-refractivity contribution >= 4 is 17.5 Å². The minimum absolute atomic E-state index is 0.0120. The van der Waals surface area contributed by atoms with Crippen LogP contribution in [0.5, 0.6) is 0 Å². The van der Waals surface area contributed by atoms with Crippen LogP contribution >= 0.6 is 0 Å². The van der Waals surface area contributed by atoms with Gasteiger partial charge in [0.1, 0.15) is 5.78 Å². The van der Waals surface area contributed by atoms with Crippen LogP contribution in [0.2, 0.25) is 0 Å². The molecule has 2 spiro atoms. The molecule has 5 rings (SSSR count). The topological polar surface area (TPSA) is 158 Å². The Balaban J connectivity index is 1.32. The molecule has 308 valence electrons. The smallest absolute Gasteiger partial charge is 0.309 e. The zero-order valence-corrected chi connectivity index (χ0v) is 34.7. The Hall–Kier alpha value is -1.73. The normalized spacial score (nSPS) is 45.6. The Morgan fingerprint density at radius 1 is 0.870 bits per heavy atom. The molecular weight excluding hydrogens is 692 g/mol. The predicted octanol–water partition coefficient (Wildman–Crippen LogP) is 6.64. The number of carboxylic acid groups (broad SMARTS) is 1. The summed E-state index contributed by atoms with van der Waals surface area (Å²) in [6.07, 6.45) is 5.09. The molecule has 0 radical (unpaired) electrons. The summed E-state index contributed by atoms with van der Waals surface area (Å²) in [4.78, 5) is 40.2. The van der Waals surface area contributed by atoms with E-state index in [4.69, 9.17) is 23.7 Å². The monoisotopic (exact) mass is 762 g/mol. The molecule has 4 saturated heterocycles. The van der Waals surface area contributed by atoms with Gasteiger partial charge in [0.15, 0.2) is 5.79 Å². The van der Waals surface area contributed by atoms with Crippen LogP contribution in [-0.4, -0.2) is 92.3 Å². The molecule has 0 unspecified atom stereocenters. The summed E-state index contributed by atoms with van der Waals surface area (Å²) in [5.74, 6) is -6.49. The molecule has 11 heteroatoms. The van der Waals surface area contributed by atoms with Gasteiger partial charge in [-0.25, -0.2) is 0 Å². The van der Waals surface area contributed by atoms with Crippen molar-refractivity contribution in [2.75, 3.05) is 0 Å². The van der Waals surface area contributed by atoms with Gasteiger partial charge >= 0.3 is 5.97 Å². The van der Waals surface area contributed by atoms with E-state index in [-0.39, 0.29) is 47.4 Å². The molecule has 0 saturated carbocycles. The Morgan fingerprint density at radius 3 is 2.09 bits per heavy atom. The molecule has 0 aromatic heterocycles. The highest BCUT2D eigenvalue weighted by Crippen LogP contribution is 2.53. The van der Waals surface area contributed by atoms with Gasteiger partial charge in [0.05, 0.1) is 53.7 Å². The SMILES string of the molecule is CC[C@H](C(=O)O)[C@H]1O[C@@H]([C@@H](C)[C@@H](O)[C@H](C)C(=O)[C@H](CC)[C@@H]2O[C@@]3(C=CC(=O)[C@]4(CC[C@@](C)([C@@H]5CC[C@@](O)(CC)[C@@H](C)O5)O4)O3)[C@@H](C)C[C@H]2C)[C@@H](C)C[C@H]1C. The van der Waals surface area contributed by atoms with Crippen molar-refractivity contribution in [2.45, 2.75) is 193 Å². The van der Waals surface area contributed by atoms with Crippen molar-refractivity contribution in [2.24, 2.45) is 47.3 Å². The van der Waals surface area contributed by atoms with Crippen molar-refractivity contribution < 1.29 is 53.4 Å². The minimum atomic E-state index is -1.57. The Bertz CT molecular complexity index is 1400. The average molecular weight is 763 g/mol. The fraction of sp³-hybridized carbons (Fsp3) is 0.884. The number of ether oxygens (including phenoxy) is 5. The van der Waals surface area contributed by atoms with Gasteiger partial charge in [-0.2, -0.15) is 0 Å². The van der Waals surface area contributed by atoms with E-state index in [1.54, 1.807) is 13.0 Å². The zero-order valence-electron chi connectivity index (χ0n) is 34.7. The second-order valence-electron chi connectivity index (χ2n) is 18.3. The summed E-state index contributed by atoms with van der Waals surface area (Å²) >= 11 is 0. The van der Waals surface area contributed by atoms with Crippen LogP contribution in [0.3, 0.4) is 0 Å². The summed E-state index contributed by atoms with van der Waals surface area (Å²) in [6.45, 7) is 21.5. The summed E-state index contributed by atoms with van der Waals surface area (Å²) in [5.41, 5.74) is -1.71. The third kappa shape index (κ3) is 7.78. The Morgan fingerprint density at radius 2 is 1.50 bits per heavy atom. The molecule has 5 aliphatic rings. The lowest BCUT2D eigenvalue weighted by atomic mass is 9.72. The van der Waals surface area contributed by atoms with Crippen LogP contribution in [0, 0.1) is 47.3 Å². The lowest BCUT2D eigenvalue weighted by molar-refractivity contribution is -0.378. The van der Waals surface area contributed by atoms with Crippen molar-refractivity contribution in [3.63, 3.8) is 0 Å². The molecule has 5 aliphatic heterocycles. The van der Waals surface area contributed by atoms with E-state index in [0.717, 1.165) is 6.42 Å². The molecule has 0 bridgehead atoms. The summed E-state index contributed by atoms with van der Waals surface area (Å²) in [5, 5.41) is 32.7. The van der Waals surface area contributed by atoms with Gasteiger partial charge in [-0.3, -0.25) is 14.4 Å². The number of aliphatic carboxylic acids is 1. The zero-order chi connectivity index (χ0) is 40.1. The Kier molecular flexibility index (Phi) is 13.1. The quantitative estimate of drug-likeness (QED) is 0.196.